The number of fused-ring (bicyclic) bond motifs is 1. The van der Waals surface area contributed by atoms with Crippen LogP contribution in [0.4, 0.5) is 4.39 Å². The minimum Gasteiger partial charge on any atom is -0.507 e. The minimum absolute atomic E-state index is 0.0363. The Kier molecular flexibility index (Phi) is 3.32. The molecule has 0 spiro atoms. The predicted octanol–water partition coefficient (Wildman–Crippen LogP) is 0.687. The van der Waals surface area contributed by atoms with Crippen molar-refractivity contribution in [2.75, 3.05) is 6.54 Å². The quantitative estimate of drug-likeness (QED) is 0.763. The van der Waals surface area contributed by atoms with E-state index in [-0.39, 0.29) is 18.3 Å². The summed E-state index contributed by atoms with van der Waals surface area (Å²) in [4.78, 5) is 11.1. The van der Waals surface area contributed by atoms with Crippen molar-refractivity contribution in [2.24, 2.45) is 16.6 Å². The number of nitrogens with zero attached hydrogens (tertiary/aromatic N) is 2. The number of carbonyl (C=O) groups is 1. The van der Waals surface area contributed by atoms with E-state index < -0.39 is 11.7 Å². The molecule has 22 heavy (non-hydrogen) atoms. The number of phenolic OH excluding ortho intramolecular Hbond substituents is 1. The minimum atomic E-state index is -0.502. The van der Waals surface area contributed by atoms with E-state index in [0.29, 0.717) is 17.8 Å². The Morgan fingerprint density at radius 2 is 2.23 bits per heavy atom. The maximum atomic E-state index is 13.1. The highest BCUT2D eigenvalue weighted by atomic mass is 19.1. The molecule has 1 aliphatic heterocycles. The van der Waals surface area contributed by atoms with E-state index in [0.717, 1.165) is 17.2 Å². The second kappa shape index (κ2) is 5.18. The van der Waals surface area contributed by atoms with Gasteiger partial charge in [-0.3, -0.25) is 9.80 Å². The average Bonchev–Trinajstić information content (AvgIpc) is 2.74. The summed E-state index contributed by atoms with van der Waals surface area (Å²) in [6, 6.07) is 3.66. The molecule has 0 bridgehead atoms. The first-order valence-corrected chi connectivity index (χ1v) is 6.74. The maximum absolute atomic E-state index is 13.1. The number of hydrazone groups is 1. The van der Waals surface area contributed by atoms with Gasteiger partial charge in [0.1, 0.15) is 23.9 Å². The van der Waals surface area contributed by atoms with Crippen LogP contribution < -0.4 is 11.5 Å². The average molecular weight is 302 g/mol. The number of carbonyl (C=O) groups excluding carboxylic acids is 1. The maximum Gasteiger partial charge on any atom is 0.238 e. The number of allylic oxidation sites excluding steroid dienone is 2. The molecule has 0 saturated carbocycles. The SMILES string of the molecule is NC(=O)CN1N=C(N)C2=CC=C(c3ccc(F)cc3O)CC21. The third kappa shape index (κ3) is 2.41. The van der Waals surface area contributed by atoms with Crippen molar-refractivity contribution in [1.29, 1.82) is 0 Å². The highest BCUT2D eigenvalue weighted by Gasteiger charge is 2.34. The number of amidine groups is 1. The number of primary amides is 1. The standard InChI is InChI=1S/C15H15FN4O2/c16-9-2-4-10(13(21)6-9)8-1-3-11-12(5-8)20(7-14(17)22)19-15(11)18/h1-4,6,12,21H,5,7H2,(H2,17,22)(H2,18,19). The second-order valence-electron chi connectivity index (χ2n) is 5.24. The molecule has 1 aromatic rings. The summed E-state index contributed by atoms with van der Waals surface area (Å²) in [5, 5.41) is 15.6. The summed E-state index contributed by atoms with van der Waals surface area (Å²) >= 11 is 0. The number of hydrogen-bond acceptors (Lipinski definition) is 5. The van der Waals surface area contributed by atoms with Gasteiger partial charge in [0, 0.05) is 17.2 Å². The Balaban J connectivity index is 1.92. The summed E-state index contributed by atoms with van der Waals surface area (Å²) in [6.07, 6.45) is 4.10. The number of benzene rings is 1. The summed E-state index contributed by atoms with van der Waals surface area (Å²) in [5.41, 5.74) is 13.2. The van der Waals surface area contributed by atoms with Crippen molar-refractivity contribution in [1.82, 2.24) is 5.01 Å². The zero-order valence-corrected chi connectivity index (χ0v) is 11.7. The second-order valence-corrected chi connectivity index (χ2v) is 5.24. The highest BCUT2D eigenvalue weighted by Crippen LogP contribution is 2.36. The molecule has 5 N–H and O–H groups in total. The van der Waals surface area contributed by atoms with Gasteiger partial charge < -0.3 is 16.6 Å². The first-order valence-electron chi connectivity index (χ1n) is 6.74. The smallest absolute Gasteiger partial charge is 0.238 e. The number of nitrogens with two attached hydrogens (primary N) is 2. The summed E-state index contributed by atoms with van der Waals surface area (Å²) in [5.74, 6) is -0.780. The van der Waals surface area contributed by atoms with E-state index in [4.69, 9.17) is 11.5 Å². The Bertz CT molecular complexity index is 739. The lowest BCUT2D eigenvalue weighted by molar-refractivity contribution is -0.119. The summed E-state index contributed by atoms with van der Waals surface area (Å²) < 4.78 is 13.1. The van der Waals surface area contributed by atoms with Crippen LogP contribution in [0.15, 0.2) is 41.0 Å². The summed E-state index contributed by atoms with van der Waals surface area (Å²) in [7, 11) is 0. The Labute approximate surface area is 126 Å². The van der Waals surface area contributed by atoms with Crippen LogP contribution in [0.3, 0.4) is 0 Å². The van der Waals surface area contributed by atoms with Crippen molar-refractivity contribution in [3.8, 4) is 5.75 Å². The molecular formula is C15H15FN4O2. The lowest BCUT2D eigenvalue weighted by atomic mass is 9.89. The number of aromatic hydroxyl groups is 1. The van der Waals surface area contributed by atoms with Gasteiger partial charge in [-0.1, -0.05) is 12.2 Å². The van der Waals surface area contributed by atoms with Gasteiger partial charge in [-0.2, -0.15) is 5.10 Å². The van der Waals surface area contributed by atoms with Gasteiger partial charge in [0.15, 0.2) is 0 Å². The molecule has 0 saturated heterocycles. The largest absolute Gasteiger partial charge is 0.507 e. The van der Waals surface area contributed by atoms with Gasteiger partial charge in [0.05, 0.1) is 6.04 Å². The monoisotopic (exact) mass is 302 g/mol. The van der Waals surface area contributed by atoms with Crippen molar-refractivity contribution in [3.05, 3.63) is 47.3 Å². The summed E-state index contributed by atoms with van der Waals surface area (Å²) in [6.45, 7) is -0.0363. The van der Waals surface area contributed by atoms with Crippen LogP contribution in [-0.2, 0) is 4.79 Å². The van der Waals surface area contributed by atoms with Crippen molar-refractivity contribution in [3.63, 3.8) is 0 Å². The van der Waals surface area contributed by atoms with E-state index in [9.17, 15) is 14.3 Å². The van der Waals surface area contributed by atoms with E-state index in [1.54, 1.807) is 6.08 Å². The molecule has 2 aliphatic rings. The van der Waals surface area contributed by atoms with Crippen LogP contribution >= 0.6 is 0 Å². The van der Waals surface area contributed by atoms with Gasteiger partial charge in [0.25, 0.3) is 0 Å². The van der Waals surface area contributed by atoms with Gasteiger partial charge in [-0.25, -0.2) is 4.39 Å². The molecule has 3 rings (SSSR count). The molecule has 0 fully saturated rings. The first-order chi connectivity index (χ1) is 10.5. The molecule has 1 unspecified atom stereocenters. The van der Waals surface area contributed by atoms with Gasteiger partial charge in [-0.05, 0) is 24.1 Å². The third-order valence-electron chi connectivity index (χ3n) is 3.75. The molecule has 1 amide bonds. The fourth-order valence-corrected chi connectivity index (χ4v) is 2.76. The van der Waals surface area contributed by atoms with Gasteiger partial charge in [-0.15, -0.1) is 0 Å². The third-order valence-corrected chi connectivity index (χ3v) is 3.75. The van der Waals surface area contributed by atoms with Crippen LogP contribution in [0.5, 0.6) is 5.75 Å². The zero-order valence-electron chi connectivity index (χ0n) is 11.7. The van der Waals surface area contributed by atoms with Gasteiger partial charge in [0.2, 0.25) is 5.91 Å². The molecule has 1 aliphatic carbocycles. The van der Waals surface area contributed by atoms with Crippen molar-refractivity contribution < 1.29 is 14.3 Å². The Hall–Kier alpha value is -2.83. The van der Waals surface area contributed by atoms with Crippen LogP contribution in [0.25, 0.3) is 5.57 Å². The molecule has 1 heterocycles. The topological polar surface area (TPSA) is 105 Å². The predicted molar refractivity (Wildman–Crippen MR) is 80.1 cm³/mol. The zero-order chi connectivity index (χ0) is 15.9. The fraction of sp³-hybridized carbons (Fsp3) is 0.200. The molecule has 0 radical (unpaired) electrons. The number of halogens is 1. The first kappa shape index (κ1) is 14.1. The van der Waals surface area contributed by atoms with Crippen molar-refractivity contribution >= 4 is 17.3 Å². The molecule has 6 nitrogen and oxygen atoms in total. The van der Waals surface area contributed by atoms with E-state index >= 15 is 0 Å². The fourth-order valence-electron chi connectivity index (χ4n) is 2.76. The molecule has 0 aromatic heterocycles. The van der Waals surface area contributed by atoms with Gasteiger partial charge >= 0.3 is 0 Å². The van der Waals surface area contributed by atoms with Crippen LogP contribution in [-0.4, -0.2) is 34.4 Å². The number of phenols is 1. The van der Waals surface area contributed by atoms with Crippen LogP contribution in [0.1, 0.15) is 12.0 Å². The molecule has 1 aromatic carbocycles. The van der Waals surface area contributed by atoms with E-state index in [1.807, 2.05) is 6.08 Å². The van der Waals surface area contributed by atoms with Crippen molar-refractivity contribution in [2.45, 2.75) is 12.5 Å². The van der Waals surface area contributed by atoms with E-state index in [1.165, 1.54) is 17.1 Å². The van der Waals surface area contributed by atoms with Crippen LogP contribution in [0.2, 0.25) is 0 Å². The Morgan fingerprint density at radius 1 is 1.45 bits per heavy atom. The number of rotatable bonds is 3. The molecular weight excluding hydrogens is 287 g/mol. The molecule has 1 atom stereocenters. The number of amides is 1. The Morgan fingerprint density at radius 3 is 2.91 bits per heavy atom. The molecule has 7 heteroatoms. The van der Waals surface area contributed by atoms with E-state index in [2.05, 4.69) is 5.10 Å². The van der Waals surface area contributed by atoms with Crippen LogP contribution in [0, 0.1) is 5.82 Å². The number of hydrogen-bond donors (Lipinski definition) is 3. The lowest BCUT2D eigenvalue weighted by Crippen LogP contribution is -2.36. The normalized spacial score (nSPS) is 20.1. The molecule has 114 valence electrons. The highest BCUT2D eigenvalue weighted by molar-refractivity contribution is 6.01. The lowest BCUT2D eigenvalue weighted by Gasteiger charge is -2.26.